The number of amides is 2. The molecule has 1 saturated heterocycles. The van der Waals surface area contributed by atoms with Crippen molar-refractivity contribution in [1.29, 1.82) is 0 Å². The number of hydrogen-bond donors (Lipinski definition) is 3. The molecule has 0 spiro atoms. The van der Waals surface area contributed by atoms with E-state index < -0.39 is 11.5 Å². The van der Waals surface area contributed by atoms with Crippen LogP contribution in [0.5, 0.6) is 0 Å². The summed E-state index contributed by atoms with van der Waals surface area (Å²) in [5.74, 6) is -0.936. The Morgan fingerprint density at radius 2 is 2.14 bits per heavy atom. The number of benzene rings is 1. The molecule has 0 aromatic heterocycles. The minimum absolute atomic E-state index is 0.0579. The van der Waals surface area contributed by atoms with Gasteiger partial charge in [0.2, 0.25) is 0 Å². The van der Waals surface area contributed by atoms with Crippen LogP contribution in [0.4, 0.5) is 10.5 Å². The van der Waals surface area contributed by atoms with Gasteiger partial charge in [-0.2, -0.15) is 0 Å². The second kappa shape index (κ2) is 6.13. The van der Waals surface area contributed by atoms with E-state index in [-0.39, 0.29) is 18.6 Å². The summed E-state index contributed by atoms with van der Waals surface area (Å²) in [5.41, 5.74) is 0.667. The van der Waals surface area contributed by atoms with Crippen molar-refractivity contribution in [1.82, 2.24) is 5.32 Å². The monoisotopic (exact) mass is 292 g/mol. The molecule has 0 saturated carbocycles. The molecule has 1 heterocycles. The molecule has 3 N–H and O–H groups in total. The maximum atomic E-state index is 12.1. The molecule has 2 rings (SSSR count). The average molecular weight is 292 g/mol. The van der Waals surface area contributed by atoms with E-state index in [4.69, 9.17) is 9.84 Å². The fourth-order valence-electron chi connectivity index (χ4n) is 2.37. The molecular weight excluding hydrogens is 272 g/mol. The Balaban J connectivity index is 2.04. The van der Waals surface area contributed by atoms with Gasteiger partial charge in [0.25, 0.3) is 0 Å². The summed E-state index contributed by atoms with van der Waals surface area (Å²) in [6.45, 7) is 4.48. The summed E-state index contributed by atoms with van der Waals surface area (Å²) in [4.78, 5) is 23.0. The molecule has 114 valence electrons. The zero-order valence-corrected chi connectivity index (χ0v) is 12.2. The van der Waals surface area contributed by atoms with Crippen LogP contribution in [-0.4, -0.2) is 35.4 Å². The van der Waals surface area contributed by atoms with Crippen LogP contribution in [0.1, 0.15) is 25.8 Å². The maximum absolute atomic E-state index is 12.1. The van der Waals surface area contributed by atoms with Gasteiger partial charge in [0.15, 0.2) is 0 Å². The van der Waals surface area contributed by atoms with E-state index in [2.05, 4.69) is 10.6 Å². The Kier molecular flexibility index (Phi) is 4.47. The number of ether oxygens (including phenoxy) is 1. The van der Waals surface area contributed by atoms with Crippen molar-refractivity contribution in [2.45, 2.75) is 38.3 Å². The number of rotatable bonds is 4. The number of carbonyl (C=O) groups is 2. The molecule has 0 bridgehead atoms. The molecule has 0 radical (unpaired) electrons. The Hall–Kier alpha value is -2.08. The highest BCUT2D eigenvalue weighted by Gasteiger charge is 2.38. The SMILES string of the molecule is CC1OCCC1(C)NC(=O)Nc1ccccc1CC(=O)O. The third kappa shape index (κ3) is 3.72. The van der Waals surface area contributed by atoms with E-state index in [0.717, 1.165) is 6.42 Å². The summed E-state index contributed by atoms with van der Waals surface area (Å²) < 4.78 is 5.48. The lowest BCUT2D eigenvalue weighted by atomic mass is 9.95. The van der Waals surface area contributed by atoms with Gasteiger partial charge in [-0.25, -0.2) is 4.79 Å². The van der Waals surface area contributed by atoms with Gasteiger partial charge in [-0.05, 0) is 31.9 Å². The Labute approximate surface area is 123 Å². The highest BCUT2D eigenvalue weighted by Crippen LogP contribution is 2.25. The number of aliphatic carboxylic acids is 1. The van der Waals surface area contributed by atoms with Gasteiger partial charge in [0.05, 0.1) is 18.1 Å². The predicted molar refractivity (Wildman–Crippen MR) is 78.4 cm³/mol. The van der Waals surface area contributed by atoms with Crippen LogP contribution in [0, 0.1) is 0 Å². The van der Waals surface area contributed by atoms with E-state index in [1.807, 2.05) is 13.8 Å². The number of urea groups is 1. The zero-order valence-electron chi connectivity index (χ0n) is 12.2. The first-order valence-electron chi connectivity index (χ1n) is 6.91. The molecule has 2 unspecified atom stereocenters. The fraction of sp³-hybridized carbons (Fsp3) is 0.467. The van der Waals surface area contributed by atoms with Gasteiger partial charge in [0, 0.05) is 12.3 Å². The summed E-state index contributed by atoms with van der Waals surface area (Å²) in [7, 11) is 0. The van der Waals surface area contributed by atoms with Crippen LogP contribution in [0.25, 0.3) is 0 Å². The highest BCUT2D eigenvalue weighted by molar-refractivity contribution is 5.91. The van der Waals surface area contributed by atoms with Gasteiger partial charge < -0.3 is 20.5 Å². The standard InChI is InChI=1S/C15H20N2O4/c1-10-15(2,7-8-21-10)17-14(20)16-12-6-4-3-5-11(12)9-13(18)19/h3-6,10H,7-9H2,1-2H3,(H,18,19)(H2,16,17,20). The number of hydrogen-bond acceptors (Lipinski definition) is 3. The molecule has 21 heavy (non-hydrogen) atoms. The number of anilines is 1. The van der Waals surface area contributed by atoms with Gasteiger partial charge in [-0.15, -0.1) is 0 Å². The van der Waals surface area contributed by atoms with Crippen LogP contribution < -0.4 is 10.6 Å². The zero-order chi connectivity index (χ0) is 15.5. The summed E-state index contributed by atoms with van der Waals surface area (Å²) in [6, 6.07) is 6.52. The van der Waals surface area contributed by atoms with E-state index in [9.17, 15) is 9.59 Å². The average Bonchev–Trinajstić information content (AvgIpc) is 2.71. The molecule has 6 heteroatoms. The lowest BCUT2D eigenvalue weighted by molar-refractivity contribution is -0.136. The van der Waals surface area contributed by atoms with E-state index in [1.54, 1.807) is 24.3 Å². The van der Waals surface area contributed by atoms with E-state index in [0.29, 0.717) is 17.9 Å². The normalized spacial score (nSPS) is 24.6. The Bertz CT molecular complexity index is 546. The fourth-order valence-corrected chi connectivity index (χ4v) is 2.37. The van der Waals surface area contributed by atoms with Crippen molar-refractivity contribution < 1.29 is 19.4 Å². The summed E-state index contributed by atoms with van der Waals surface area (Å²) >= 11 is 0. The van der Waals surface area contributed by atoms with Crippen LogP contribution in [0.15, 0.2) is 24.3 Å². The first-order chi connectivity index (χ1) is 9.90. The number of para-hydroxylation sites is 1. The van der Waals surface area contributed by atoms with E-state index >= 15 is 0 Å². The number of carboxylic acids is 1. The molecule has 1 aliphatic heterocycles. The Morgan fingerprint density at radius 1 is 1.43 bits per heavy atom. The van der Waals surface area contributed by atoms with Crippen LogP contribution in [0.3, 0.4) is 0 Å². The molecule has 6 nitrogen and oxygen atoms in total. The quantitative estimate of drug-likeness (QED) is 0.792. The van der Waals surface area contributed by atoms with Gasteiger partial charge in [-0.3, -0.25) is 4.79 Å². The second-order valence-corrected chi connectivity index (χ2v) is 5.49. The number of carboxylic acid groups (broad SMARTS) is 1. The predicted octanol–water partition coefficient (Wildman–Crippen LogP) is 2.00. The molecule has 1 aromatic rings. The highest BCUT2D eigenvalue weighted by atomic mass is 16.5. The third-order valence-electron chi connectivity index (χ3n) is 3.89. The molecule has 1 fully saturated rings. The van der Waals surface area contributed by atoms with Crippen LogP contribution >= 0.6 is 0 Å². The molecule has 2 atom stereocenters. The van der Waals surface area contributed by atoms with Crippen molar-refractivity contribution >= 4 is 17.7 Å². The van der Waals surface area contributed by atoms with Gasteiger partial charge in [-0.1, -0.05) is 18.2 Å². The van der Waals surface area contributed by atoms with Crippen molar-refractivity contribution in [3.05, 3.63) is 29.8 Å². The van der Waals surface area contributed by atoms with E-state index in [1.165, 1.54) is 0 Å². The molecular formula is C15H20N2O4. The lowest BCUT2D eigenvalue weighted by Gasteiger charge is -2.29. The molecule has 2 amide bonds. The molecule has 1 aromatic carbocycles. The van der Waals surface area contributed by atoms with Crippen molar-refractivity contribution in [3.63, 3.8) is 0 Å². The summed E-state index contributed by atoms with van der Waals surface area (Å²) in [5, 5.41) is 14.5. The largest absolute Gasteiger partial charge is 0.481 e. The Morgan fingerprint density at radius 3 is 2.76 bits per heavy atom. The van der Waals surface area contributed by atoms with Crippen molar-refractivity contribution in [2.24, 2.45) is 0 Å². The number of nitrogens with one attached hydrogen (secondary N) is 2. The first-order valence-corrected chi connectivity index (χ1v) is 6.91. The lowest BCUT2D eigenvalue weighted by Crippen LogP contribution is -2.52. The topological polar surface area (TPSA) is 87.7 Å². The van der Waals surface area contributed by atoms with Gasteiger partial charge in [0.1, 0.15) is 0 Å². The minimum atomic E-state index is -0.936. The smallest absolute Gasteiger partial charge is 0.319 e. The third-order valence-corrected chi connectivity index (χ3v) is 3.89. The maximum Gasteiger partial charge on any atom is 0.319 e. The van der Waals surface area contributed by atoms with Crippen molar-refractivity contribution in [2.75, 3.05) is 11.9 Å². The van der Waals surface area contributed by atoms with Gasteiger partial charge >= 0.3 is 12.0 Å². The first kappa shape index (κ1) is 15.3. The molecule has 1 aliphatic rings. The number of carbonyl (C=O) groups excluding carboxylic acids is 1. The molecule has 0 aliphatic carbocycles. The second-order valence-electron chi connectivity index (χ2n) is 5.49. The van der Waals surface area contributed by atoms with Crippen molar-refractivity contribution in [3.8, 4) is 0 Å². The summed E-state index contributed by atoms with van der Waals surface area (Å²) in [6.07, 6.45) is 0.559. The minimum Gasteiger partial charge on any atom is -0.481 e. The van der Waals surface area contributed by atoms with Crippen LogP contribution in [0.2, 0.25) is 0 Å². The van der Waals surface area contributed by atoms with Crippen LogP contribution in [-0.2, 0) is 16.0 Å².